The molecule has 0 aliphatic carbocycles. The van der Waals surface area contributed by atoms with Gasteiger partial charge in [-0.25, -0.2) is 4.79 Å². The van der Waals surface area contributed by atoms with Crippen molar-refractivity contribution in [1.82, 2.24) is 4.90 Å². The molecule has 2 heterocycles. The minimum absolute atomic E-state index is 0.0263. The van der Waals surface area contributed by atoms with Crippen LogP contribution in [0.1, 0.15) is 47.0 Å². The van der Waals surface area contributed by atoms with Crippen LogP contribution in [0, 0.1) is 11.8 Å². The second-order valence-corrected chi connectivity index (χ2v) is 7.57. The summed E-state index contributed by atoms with van der Waals surface area (Å²) in [6.07, 6.45) is 0.839. The quantitative estimate of drug-likeness (QED) is 0.648. The molecule has 6 atom stereocenters. The normalized spacial score (nSPS) is 31.0. The smallest absolute Gasteiger partial charge is 0.341 e. The molecule has 0 amide bonds. The van der Waals surface area contributed by atoms with Gasteiger partial charge >= 0.3 is 11.9 Å². The molecule has 0 radical (unpaired) electrons. The summed E-state index contributed by atoms with van der Waals surface area (Å²) < 4.78 is 10.5. The van der Waals surface area contributed by atoms with E-state index in [1.54, 1.807) is 6.92 Å². The summed E-state index contributed by atoms with van der Waals surface area (Å²) in [4.78, 5) is 26.4. The highest BCUT2D eigenvalue weighted by molar-refractivity contribution is 5.80. The van der Waals surface area contributed by atoms with E-state index in [1.165, 1.54) is 13.8 Å². The number of carbonyl (C=O) groups is 2. The topological polar surface area (TPSA) is 96.3 Å². The van der Waals surface area contributed by atoms with Gasteiger partial charge < -0.3 is 19.7 Å². The van der Waals surface area contributed by atoms with Crippen molar-refractivity contribution in [3.05, 3.63) is 0 Å². The van der Waals surface area contributed by atoms with Crippen LogP contribution in [0.4, 0.5) is 0 Å². The van der Waals surface area contributed by atoms with Crippen LogP contribution in [-0.2, 0) is 19.1 Å². The first-order chi connectivity index (χ1) is 11.7. The van der Waals surface area contributed by atoms with E-state index >= 15 is 0 Å². The lowest BCUT2D eigenvalue weighted by atomic mass is 9.97. The Morgan fingerprint density at radius 3 is 2.56 bits per heavy atom. The van der Waals surface area contributed by atoms with E-state index in [0.717, 1.165) is 25.9 Å². The summed E-state index contributed by atoms with van der Waals surface area (Å²) >= 11 is 0. The van der Waals surface area contributed by atoms with Gasteiger partial charge in [0.1, 0.15) is 6.10 Å². The summed E-state index contributed by atoms with van der Waals surface area (Å²) in [6, 6.07) is 0.0263. The lowest BCUT2D eigenvalue weighted by molar-refractivity contribution is -0.186. The Bertz CT molecular complexity index is 494. The van der Waals surface area contributed by atoms with Crippen LogP contribution < -0.4 is 0 Å². The zero-order valence-corrected chi connectivity index (χ0v) is 15.6. The van der Waals surface area contributed by atoms with Crippen molar-refractivity contribution in [2.75, 3.05) is 19.7 Å². The third kappa shape index (κ3) is 4.33. The van der Waals surface area contributed by atoms with E-state index in [4.69, 9.17) is 9.47 Å². The van der Waals surface area contributed by atoms with Crippen molar-refractivity contribution in [2.24, 2.45) is 11.8 Å². The van der Waals surface area contributed by atoms with Crippen molar-refractivity contribution < 1.29 is 29.3 Å². The third-order valence-electron chi connectivity index (χ3n) is 5.74. The van der Waals surface area contributed by atoms with Crippen LogP contribution in [0.2, 0.25) is 0 Å². The first-order valence-electron chi connectivity index (χ1n) is 9.20. The van der Waals surface area contributed by atoms with Crippen LogP contribution in [0.15, 0.2) is 0 Å². The van der Waals surface area contributed by atoms with Crippen LogP contribution in [-0.4, -0.2) is 70.6 Å². The molecule has 0 aromatic carbocycles. The zero-order chi connectivity index (χ0) is 18.8. The first kappa shape index (κ1) is 20.1. The molecule has 25 heavy (non-hydrogen) atoms. The molecular formula is C18H31NO6. The summed E-state index contributed by atoms with van der Waals surface area (Å²) in [5, 5.41) is 20.5. The van der Waals surface area contributed by atoms with E-state index < -0.39 is 23.6 Å². The molecule has 4 unspecified atom stereocenters. The number of aliphatic hydroxyl groups is 2. The number of nitrogens with zero attached hydrogens (tertiary/aromatic N) is 1. The number of hydrogen-bond acceptors (Lipinski definition) is 7. The van der Waals surface area contributed by atoms with E-state index in [0.29, 0.717) is 6.42 Å². The van der Waals surface area contributed by atoms with Gasteiger partial charge in [0, 0.05) is 18.5 Å². The van der Waals surface area contributed by atoms with Gasteiger partial charge in [-0.1, -0.05) is 13.8 Å². The fourth-order valence-corrected chi connectivity index (χ4v) is 3.49. The zero-order valence-electron chi connectivity index (χ0n) is 15.6. The average molecular weight is 357 g/mol. The molecule has 2 aliphatic heterocycles. The number of fused-ring (bicyclic) bond motifs is 1. The number of rotatable bonds is 7. The lowest BCUT2D eigenvalue weighted by Gasteiger charge is -2.29. The number of ether oxygens (including phenoxy) is 2. The second kappa shape index (κ2) is 8.01. The average Bonchev–Trinajstić information content (AvgIpc) is 3.14. The van der Waals surface area contributed by atoms with Crippen molar-refractivity contribution in [1.29, 1.82) is 0 Å². The Morgan fingerprint density at radius 1 is 1.28 bits per heavy atom. The molecule has 2 N–H and O–H groups in total. The van der Waals surface area contributed by atoms with Crippen molar-refractivity contribution in [2.45, 2.75) is 70.8 Å². The number of carbonyl (C=O) groups excluding carboxylic acids is 2. The van der Waals surface area contributed by atoms with Gasteiger partial charge in [0.25, 0.3) is 0 Å². The summed E-state index contributed by atoms with van der Waals surface area (Å²) in [6.45, 7) is 8.31. The van der Waals surface area contributed by atoms with Gasteiger partial charge in [-0.05, 0) is 39.7 Å². The van der Waals surface area contributed by atoms with Gasteiger partial charge in [0.15, 0.2) is 5.60 Å². The molecule has 0 spiro atoms. The van der Waals surface area contributed by atoms with Gasteiger partial charge in [-0.15, -0.1) is 0 Å². The first-order valence-corrected chi connectivity index (χ1v) is 9.20. The highest BCUT2D eigenvalue weighted by Gasteiger charge is 2.45. The van der Waals surface area contributed by atoms with Crippen molar-refractivity contribution >= 4 is 11.9 Å². The predicted octanol–water partition coefficient (Wildman–Crippen LogP) is 0.714. The molecule has 0 bridgehead atoms. The summed E-state index contributed by atoms with van der Waals surface area (Å²) in [5.41, 5.74) is -1.91. The Hall–Kier alpha value is -1.18. The Labute approximate surface area is 149 Å². The molecule has 2 saturated heterocycles. The largest absolute Gasteiger partial charge is 0.463 e. The molecule has 0 aromatic rings. The Kier molecular flexibility index (Phi) is 6.45. The van der Waals surface area contributed by atoms with E-state index in [9.17, 15) is 19.8 Å². The molecular weight excluding hydrogens is 326 g/mol. The molecule has 2 aliphatic rings. The molecule has 0 aromatic heterocycles. The fourth-order valence-electron chi connectivity index (χ4n) is 3.49. The van der Waals surface area contributed by atoms with Crippen molar-refractivity contribution in [3.63, 3.8) is 0 Å². The summed E-state index contributed by atoms with van der Waals surface area (Å²) in [5.74, 6) is -1.47. The maximum absolute atomic E-state index is 12.3. The fraction of sp³-hybridized carbons (Fsp3) is 0.889. The van der Waals surface area contributed by atoms with Gasteiger partial charge in [-0.2, -0.15) is 0 Å². The number of esters is 2. The van der Waals surface area contributed by atoms with Crippen LogP contribution in [0.5, 0.6) is 0 Å². The molecule has 7 heteroatoms. The van der Waals surface area contributed by atoms with E-state index in [2.05, 4.69) is 4.90 Å². The maximum Gasteiger partial charge on any atom is 0.341 e. The van der Waals surface area contributed by atoms with Gasteiger partial charge in [0.05, 0.1) is 18.6 Å². The highest BCUT2D eigenvalue weighted by atomic mass is 16.6. The third-order valence-corrected chi connectivity index (χ3v) is 5.74. The molecule has 7 nitrogen and oxygen atoms in total. The van der Waals surface area contributed by atoms with Crippen LogP contribution >= 0.6 is 0 Å². The van der Waals surface area contributed by atoms with Gasteiger partial charge in [0.2, 0.25) is 0 Å². The molecule has 144 valence electrons. The van der Waals surface area contributed by atoms with Crippen molar-refractivity contribution in [3.8, 4) is 0 Å². The van der Waals surface area contributed by atoms with E-state index in [1.807, 2.05) is 6.92 Å². The standard InChI is InChI=1S/C18H31NO6/c1-5-11(2)16(21)25-12(3)18(4,23)17(22)24-10-13-6-8-19-9-7-14(20)15(13)19/h11-15,20,23H,5-10H2,1-4H3/t11?,12?,13-,14-,15?,18?/m1/s1. The molecule has 0 saturated carbocycles. The second-order valence-electron chi connectivity index (χ2n) is 7.57. The highest BCUT2D eigenvalue weighted by Crippen LogP contribution is 2.33. The minimum Gasteiger partial charge on any atom is -0.463 e. The Balaban J connectivity index is 1.87. The maximum atomic E-state index is 12.3. The minimum atomic E-state index is -1.91. The summed E-state index contributed by atoms with van der Waals surface area (Å²) in [7, 11) is 0. The molecule has 2 fully saturated rings. The van der Waals surface area contributed by atoms with Crippen LogP contribution in [0.3, 0.4) is 0 Å². The monoisotopic (exact) mass is 357 g/mol. The predicted molar refractivity (Wildman–Crippen MR) is 90.7 cm³/mol. The molecule has 2 rings (SSSR count). The number of hydrogen-bond donors (Lipinski definition) is 2. The van der Waals surface area contributed by atoms with Crippen LogP contribution in [0.25, 0.3) is 0 Å². The Morgan fingerprint density at radius 2 is 1.92 bits per heavy atom. The van der Waals surface area contributed by atoms with Gasteiger partial charge in [-0.3, -0.25) is 9.69 Å². The lowest BCUT2D eigenvalue weighted by Crippen LogP contribution is -2.49. The van der Waals surface area contributed by atoms with E-state index in [-0.39, 0.29) is 30.6 Å². The SMILES string of the molecule is CCC(C)C(=O)OC(C)C(C)(O)C(=O)OC[C@H]1CCN2CC[C@@H](O)C12. The number of aliphatic hydroxyl groups excluding tert-OH is 1.